The fourth-order valence-electron chi connectivity index (χ4n) is 0. The van der Waals surface area contributed by atoms with E-state index in [0.29, 0.717) is 0 Å². The zero-order valence-corrected chi connectivity index (χ0v) is 9.08. The van der Waals surface area contributed by atoms with Gasteiger partial charge in [0.2, 0.25) is 0 Å². The molecule has 0 rings (SSSR count). The molecule has 0 heterocycles. The molecule has 0 fully saturated rings. The Kier molecular flexibility index (Phi) is 16.1. The fourth-order valence-corrected chi connectivity index (χ4v) is 0. The molecule has 0 saturated carbocycles. The van der Waals surface area contributed by atoms with Gasteiger partial charge in [-0.15, -0.1) is 0 Å². The average molecular weight is 296 g/mol. The van der Waals surface area contributed by atoms with Gasteiger partial charge in [-0.25, -0.2) is 0 Å². The molecular weight excluding hydrogens is 296 g/mol. The summed E-state index contributed by atoms with van der Waals surface area (Å²) in [5, 5.41) is 0. The minimum Gasteiger partial charge on any atom is -0.759 e. The predicted molar refractivity (Wildman–Crippen MR) is 20.9 cm³/mol. The maximum absolute atomic E-state index is 8.52. The van der Waals surface area contributed by atoms with Gasteiger partial charge in [0.15, 0.2) is 0 Å². The Bertz CT molecular complexity index is 211. The van der Waals surface area contributed by atoms with Crippen molar-refractivity contribution in [2.45, 2.75) is 0 Å². The fraction of sp³-hybridized carbons (Fsp3) is 0. The first-order valence-electron chi connectivity index (χ1n) is 1.33. The van der Waals surface area contributed by atoms with Crippen molar-refractivity contribution < 1.29 is 69.8 Å². The van der Waals surface area contributed by atoms with E-state index in [9.17, 15) is 0 Å². The monoisotopic (exact) mass is 296 g/mol. The Morgan fingerprint density at radius 3 is 0.583 bits per heavy atom. The van der Waals surface area contributed by atoms with Gasteiger partial charge in [-0.2, -0.15) is 0 Å². The predicted octanol–water partition coefficient (Wildman–Crippen LogP) is -2.68. The summed E-state index contributed by atoms with van der Waals surface area (Å²) >= 11 is 0. The minimum atomic E-state index is -5.17. The van der Waals surface area contributed by atoms with Crippen LogP contribution in [0.3, 0.4) is 0 Å². The molecule has 12 heteroatoms. The Morgan fingerprint density at radius 2 is 0.583 bits per heavy atom. The molecule has 70 valence electrons. The number of hydrogen-bond acceptors (Lipinski definition) is 8. The molecule has 0 aliphatic rings. The minimum absolute atomic E-state index is 0. The van der Waals surface area contributed by atoms with Crippen LogP contribution in [0.1, 0.15) is 0 Å². The van der Waals surface area contributed by atoms with Crippen LogP contribution in [0.2, 0.25) is 0 Å². The molecule has 2 radical (unpaired) electrons. The van der Waals surface area contributed by atoms with E-state index in [-0.39, 0.29) is 34.7 Å². The van der Waals surface area contributed by atoms with Crippen molar-refractivity contribution in [3.63, 3.8) is 0 Å². The Labute approximate surface area is 90.4 Å². The zero-order valence-electron chi connectivity index (χ0n) is 4.90. The van der Waals surface area contributed by atoms with Crippen LogP contribution in [-0.2, 0) is 55.5 Å². The topological polar surface area (TPSA) is 161 Å². The second-order valence-electron chi connectivity index (χ2n) is 0.816. The first-order chi connectivity index (χ1) is 4.00. The van der Waals surface area contributed by atoms with Gasteiger partial charge < -0.3 is 18.2 Å². The summed E-state index contributed by atoms with van der Waals surface area (Å²) < 4.78 is 68.2. The summed E-state index contributed by atoms with van der Waals surface area (Å²) in [7, 11) is -10.3. The van der Waals surface area contributed by atoms with Gasteiger partial charge >= 0.3 is 34.7 Å². The van der Waals surface area contributed by atoms with Crippen molar-refractivity contribution >= 4 is 20.8 Å². The van der Waals surface area contributed by atoms with Crippen LogP contribution in [0.5, 0.6) is 0 Å². The van der Waals surface area contributed by atoms with E-state index in [1.54, 1.807) is 0 Å². The standard InChI is InChI=1S/2Cr.2H2O4S/c;;2*1-5(2,3)4/h;;2*(H2,1,2,3,4)/q2*+3;;/p-4. The van der Waals surface area contributed by atoms with Crippen LogP contribution in [0.4, 0.5) is 0 Å². The smallest absolute Gasteiger partial charge is 0.759 e. The quantitative estimate of drug-likeness (QED) is 0.345. The Balaban J connectivity index is -0.0000000457. The van der Waals surface area contributed by atoms with Crippen molar-refractivity contribution in [1.29, 1.82) is 0 Å². The van der Waals surface area contributed by atoms with Crippen LogP contribution < -0.4 is 0 Å². The van der Waals surface area contributed by atoms with Gasteiger partial charge in [0.05, 0.1) is 0 Å². The summed E-state index contributed by atoms with van der Waals surface area (Å²) in [4.78, 5) is 0. The second kappa shape index (κ2) is 8.41. The van der Waals surface area contributed by atoms with Crippen molar-refractivity contribution in [2.75, 3.05) is 0 Å². The third-order valence-corrected chi connectivity index (χ3v) is 0. The summed E-state index contributed by atoms with van der Waals surface area (Å²) in [5.41, 5.74) is 0. The molecule has 0 aliphatic carbocycles. The van der Waals surface area contributed by atoms with Crippen LogP contribution >= 0.6 is 0 Å². The van der Waals surface area contributed by atoms with Crippen molar-refractivity contribution in [3.8, 4) is 0 Å². The van der Waals surface area contributed by atoms with E-state index in [2.05, 4.69) is 0 Å². The van der Waals surface area contributed by atoms with Crippen LogP contribution in [0.15, 0.2) is 0 Å². The third-order valence-electron chi connectivity index (χ3n) is 0. The van der Waals surface area contributed by atoms with E-state index in [4.69, 9.17) is 35.0 Å². The zero-order chi connectivity index (χ0) is 9.00. The van der Waals surface area contributed by atoms with Gasteiger partial charge in [-0.1, -0.05) is 0 Å². The SMILES string of the molecule is O=S(=O)([O-])[O-].O=S(=O)([O-])[O-].[Cr+3].[Cr+3]. The first-order valence-corrected chi connectivity index (χ1v) is 4.00. The van der Waals surface area contributed by atoms with E-state index in [1.165, 1.54) is 0 Å². The summed E-state index contributed by atoms with van der Waals surface area (Å²) in [6.45, 7) is 0. The molecule has 12 heavy (non-hydrogen) atoms. The van der Waals surface area contributed by atoms with Crippen LogP contribution in [0.25, 0.3) is 0 Å². The van der Waals surface area contributed by atoms with Gasteiger partial charge in [0.25, 0.3) is 0 Å². The van der Waals surface area contributed by atoms with Crippen LogP contribution in [-0.4, -0.2) is 35.0 Å². The molecule has 0 aromatic heterocycles. The van der Waals surface area contributed by atoms with Gasteiger partial charge in [0.1, 0.15) is 0 Å². The van der Waals surface area contributed by atoms with E-state index < -0.39 is 20.8 Å². The normalized spacial score (nSPS) is 9.67. The Hall–Kier alpha value is 0.805. The average Bonchev–Trinajstić information content (AvgIpc) is 1.12. The first kappa shape index (κ1) is 23.0. The molecular formula is Cr2O8S2+2. The van der Waals surface area contributed by atoms with Gasteiger partial charge in [-0.05, 0) is 0 Å². The van der Waals surface area contributed by atoms with E-state index in [1.807, 2.05) is 0 Å². The molecule has 0 atom stereocenters. The summed E-state index contributed by atoms with van der Waals surface area (Å²) in [6.07, 6.45) is 0. The Morgan fingerprint density at radius 1 is 0.583 bits per heavy atom. The molecule has 8 nitrogen and oxygen atoms in total. The second-order valence-corrected chi connectivity index (χ2v) is 2.45. The molecule has 0 N–H and O–H groups in total. The van der Waals surface area contributed by atoms with Crippen molar-refractivity contribution in [1.82, 2.24) is 0 Å². The molecule has 0 unspecified atom stereocenters. The number of hydrogen-bond donors (Lipinski definition) is 0. The summed E-state index contributed by atoms with van der Waals surface area (Å²) in [6, 6.07) is 0. The maximum Gasteiger partial charge on any atom is 3.00 e. The summed E-state index contributed by atoms with van der Waals surface area (Å²) in [5.74, 6) is 0. The van der Waals surface area contributed by atoms with Gasteiger partial charge in [-0.3, -0.25) is 16.8 Å². The molecule has 0 aliphatic heterocycles. The molecule has 0 aromatic rings. The van der Waals surface area contributed by atoms with E-state index >= 15 is 0 Å². The van der Waals surface area contributed by atoms with E-state index in [0.717, 1.165) is 0 Å². The molecule has 0 saturated heterocycles. The maximum atomic E-state index is 8.52. The molecule has 0 spiro atoms. The largest absolute Gasteiger partial charge is 3.00 e. The molecule has 0 bridgehead atoms. The van der Waals surface area contributed by atoms with Gasteiger partial charge in [0, 0.05) is 20.8 Å². The molecule has 0 amide bonds. The molecule has 0 aromatic carbocycles. The number of rotatable bonds is 0. The van der Waals surface area contributed by atoms with Crippen molar-refractivity contribution in [3.05, 3.63) is 0 Å². The van der Waals surface area contributed by atoms with Crippen LogP contribution in [0, 0.1) is 0 Å². The third kappa shape index (κ3) is 1600. The van der Waals surface area contributed by atoms with Crippen molar-refractivity contribution in [2.24, 2.45) is 0 Å².